The van der Waals surface area contributed by atoms with Gasteiger partial charge in [0.1, 0.15) is 5.56 Å². The fourth-order valence-corrected chi connectivity index (χ4v) is 1.53. The summed E-state index contributed by atoms with van der Waals surface area (Å²) in [6, 6.07) is 2.47. The molecule has 82 valence electrons. The predicted octanol–water partition coefficient (Wildman–Crippen LogP) is 1.25. The third-order valence-electron chi connectivity index (χ3n) is 2.22. The number of nitrogens with zero attached hydrogens (tertiary/aromatic N) is 3. The van der Waals surface area contributed by atoms with Crippen LogP contribution in [0.3, 0.4) is 0 Å². The van der Waals surface area contributed by atoms with E-state index in [4.69, 9.17) is 5.11 Å². The van der Waals surface area contributed by atoms with Gasteiger partial charge in [0.05, 0.1) is 16.1 Å². The van der Waals surface area contributed by atoms with Gasteiger partial charge in [0.15, 0.2) is 0 Å². The molecular weight excluding hydrogens is 214 g/mol. The van der Waals surface area contributed by atoms with Crippen LogP contribution in [0.2, 0.25) is 0 Å². The zero-order valence-corrected chi connectivity index (χ0v) is 8.25. The van der Waals surface area contributed by atoms with Crippen LogP contribution >= 0.6 is 0 Å². The Morgan fingerprint density at radius 1 is 1.62 bits per heavy atom. The topological polar surface area (TPSA) is 97.7 Å². The molecule has 7 nitrogen and oxygen atoms in total. The molecule has 2 heterocycles. The molecule has 0 radical (unpaired) electrons. The van der Waals surface area contributed by atoms with Gasteiger partial charge in [-0.1, -0.05) is 0 Å². The fraction of sp³-hybridized carbons (Fsp3) is 0.111. The number of aryl methyl sites for hydroxylation is 1. The average molecular weight is 221 g/mol. The summed E-state index contributed by atoms with van der Waals surface area (Å²) < 4.78 is 1.31. The summed E-state index contributed by atoms with van der Waals surface area (Å²) in [7, 11) is 0. The molecule has 0 fully saturated rings. The average Bonchev–Trinajstić information content (AvgIpc) is 2.51. The van der Waals surface area contributed by atoms with Crippen LogP contribution in [0, 0.1) is 17.0 Å². The van der Waals surface area contributed by atoms with E-state index in [-0.39, 0.29) is 16.8 Å². The lowest BCUT2D eigenvalue weighted by Crippen LogP contribution is -1.98. The quantitative estimate of drug-likeness (QED) is 0.607. The first kappa shape index (κ1) is 10.1. The Morgan fingerprint density at radius 2 is 2.31 bits per heavy atom. The molecule has 2 aromatic heterocycles. The number of carboxylic acids is 1. The van der Waals surface area contributed by atoms with Gasteiger partial charge in [-0.25, -0.2) is 9.31 Å². The molecule has 0 amide bonds. The van der Waals surface area contributed by atoms with E-state index in [0.717, 1.165) is 0 Å². The maximum Gasteiger partial charge on any atom is 0.339 e. The number of carbonyl (C=O) groups is 1. The van der Waals surface area contributed by atoms with Gasteiger partial charge in [0.2, 0.25) is 0 Å². The Balaban J connectivity index is 2.79. The minimum absolute atomic E-state index is 0.0105. The zero-order valence-electron chi connectivity index (χ0n) is 8.25. The van der Waals surface area contributed by atoms with Crippen molar-refractivity contribution in [2.45, 2.75) is 6.92 Å². The van der Waals surface area contributed by atoms with Gasteiger partial charge in [-0.2, -0.15) is 5.10 Å². The number of carboxylic acid groups (broad SMARTS) is 1. The third-order valence-corrected chi connectivity index (χ3v) is 2.22. The monoisotopic (exact) mass is 221 g/mol. The molecule has 0 saturated heterocycles. The lowest BCUT2D eigenvalue weighted by molar-refractivity contribution is -0.384. The summed E-state index contributed by atoms with van der Waals surface area (Å²) in [5.74, 6) is -1.15. The van der Waals surface area contributed by atoms with E-state index in [1.54, 1.807) is 6.92 Å². The van der Waals surface area contributed by atoms with Gasteiger partial charge < -0.3 is 5.11 Å². The SMILES string of the molecule is Cc1nn2ccc([N+](=O)[O-])cc2c1C(=O)O. The first-order valence-corrected chi connectivity index (χ1v) is 4.37. The summed E-state index contributed by atoms with van der Waals surface area (Å²) in [5.41, 5.74) is 0.380. The smallest absolute Gasteiger partial charge is 0.339 e. The van der Waals surface area contributed by atoms with Crippen molar-refractivity contribution in [3.8, 4) is 0 Å². The van der Waals surface area contributed by atoms with Crippen molar-refractivity contribution in [1.82, 2.24) is 9.61 Å². The molecule has 2 aromatic rings. The van der Waals surface area contributed by atoms with Crippen molar-refractivity contribution in [2.24, 2.45) is 0 Å². The molecule has 7 heteroatoms. The minimum Gasteiger partial charge on any atom is -0.478 e. The highest BCUT2D eigenvalue weighted by Gasteiger charge is 2.18. The van der Waals surface area contributed by atoms with Gasteiger partial charge in [0, 0.05) is 18.3 Å². The van der Waals surface area contributed by atoms with Gasteiger partial charge in [-0.15, -0.1) is 0 Å². The largest absolute Gasteiger partial charge is 0.478 e. The van der Waals surface area contributed by atoms with E-state index in [0.29, 0.717) is 5.69 Å². The second-order valence-corrected chi connectivity index (χ2v) is 3.24. The number of hydrogen-bond donors (Lipinski definition) is 1. The highest BCUT2D eigenvalue weighted by atomic mass is 16.6. The van der Waals surface area contributed by atoms with Crippen LogP contribution in [0.5, 0.6) is 0 Å². The number of fused-ring (bicyclic) bond motifs is 1. The summed E-state index contributed by atoms with van der Waals surface area (Å²) in [6.45, 7) is 1.54. The number of hydrogen-bond acceptors (Lipinski definition) is 4. The van der Waals surface area contributed by atoms with Crippen molar-refractivity contribution in [3.63, 3.8) is 0 Å². The maximum atomic E-state index is 11.0. The summed E-state index contributed by atoms with van der Waals surface area (Å²) in [4.78, 5) is 20.9. The van der Waals surface area contributed by atoms with Crippen LogP contribution in [-0.4, -0.2) is 25.6 Å². The van der Waals surface area contributed by atoms with Crippen molar-refractivity contribution in [1.29, 1.82) is 0 Å². The van der Waals surface area contributed by atoms with Gasteiger partial charge in [-0.05, 0) is 6.92 Å². The molecule has 0 aromatic carbocycles. The first-order valence-electron chi connectivity index (χ1n) is 4.37. The van der Waals surface area contributed by atoms with Crippen molar-refractivity contribution >= 4 is 17.2 Å². The second kappa shape index (κ2) is 3.30. The van der Waals surface area contributed by atoms with Crippen LogP contribution in [-0.2, 0) is 0 Å². The molecule has 0 bridgehead atoms. The number of rotatable bonds is 2. The molecule has 0 unspecified atom stereocenters. The number of aromatic carboxylic acids is 1. The van der Waals surface area contributed by atoms with E-state index < -0.39 is 10.9 Å². The first-order chi connectivity index (χ1) is 7.50. The van der Waals surface area contributed by atoms with E-state index in [1.807, 2.05) is 0 Å². The fourth-order valence-electron chi connectivity index (χ4n) is 1.53. The van der Waals surface area contributed by atoms with Crippen LogP contribution in [0.1, 0.15) is 16.1 Å². The van der Waals surface area contributed by atoms with Crippen molar-refractivity contribution < 1.29 is 14.8 Å². The lowest BCUT2D eigenvalue weighted by atomic mass is 10.2. The van der Waals surface area contributed by atoms with Crippen molar-refractivity contribution in [3.05, 3.63) is 39.7 Å². The van der Waals surface area contributed by atoms with E-state index in [1.165, 1.54) is 22.8 Å². The molecule has 1 N–H and O–H groups in total. The Labute approximate surface area is 89.1 Å². The van der Waals surface area contributed by atoms with Gasteiger partial charge in [0.25, 0.3) is 5.69 Å². The number of nitro groups is 1. The zero-order chi connectivity index (χ0) is 11.9. The van der Waals surface area contributed by atoms with Crippen LogP contribution in [0.4, 0.5) is 5.69 Å². The molecule has 0 saturated carbocycles. The van der Waals surface area contributed by atoms with Gasteiger partial charge >= 0.3 is 5.97 Å². The molecule has 2 rings (SSSR count). The molecule has 16 heavy (non-hydrogen) atoms. The molecule has 0 atom stereocenters. The van der Waals surface area contributed by atoms with E-state index >= 15 is 0 Å². The maximum absolute atomic E-state index is 11.0. The summed E-state index contributed by atoms with van der Waals surface area (Å²) in [6.07, 6.45) is 1.37. The minimum atomic E-state index is -1.15. The van der Waals surface area contributed by atoms with E-state index in [9.17, 15) is 14.9 Å². The van der Waals surface area contributed by atoms with Crippen LogP contribution < -0.4 is 0 Å². The summed E-state index contributed by atoms with van der Waals surface area (Å²) in [5, 5.41) is 23.5. The molecule has 0 spiro atoms. The Morgan fingerprint density at radius 3 is 2.88 bits per heavy atom. The highest BCUT2D eigenvalue weighted by Crippen LogP contribution is 2.20. The van der Waals surface area contributed by atoms with Crippen LogP contribution in [0.25, 0.3) is 5.52 Å². The highest BCUT2D eigenvalue weighted by molar-refractivity contribution is 5.97. The van der Waals surface area contributed by atoms with Crippen LogP contribution in [0.15, 0.2) is 18.3 Å². The Kier molecular flexibility index (Phi) is 2.08. The molecule has 0 aliphatic heterocycles. The summed E-state index contributed by atoms with van der Waals surface area (Å²) >= 11 is 0. The normalized spacial score (nSPS) is 10.6. The van der Waals surface area contributed by atoms with Crippen molar-refractivity contribution in [2.75, 3.05) is 0 Å². The molecular formula is C9H7N3O4. The second-order valence-electron chi connectivity index (χ2n) is 3.24. The third kappa shape index (κ3) is 1.38. The molecule has 0 aliphatic rings. The Hall–Kier alpha value is -2.44. The standard InChI is InChI=1S/C9H7N3O4/c1-5-8(9(13)14)7-4-6(12(15)16)2-3-11(7)10-5/h2-4H,1H3,(H,13,14). The predicted molar refractivity (Wildman–Crippen MR) is 53.5 cm³/mol. The number of aromatic nitrogens is 2. The Bertz CT molecular complexity index is 602. The van der Waals surface area contributed by atoms with Gasteiger partial charge in [-0.3, -0.25) is 10.1 Å². The van der Waals surface area contributed by atoms with E-state index in [2.05, 4.69) is 5.10 Å². The molecule has 0 aliphatic carbocycles. The lowest BCUT2D eigenvalue weighted by Gasteiger charge is -1.94. The number of pyridine rings is 1.